The highest BCUT2D eigenvalue weighted by Crippen LogP contribution is 2.20. The molecule has 0 spiro atoms. The standard InChI is InChI=1S/C9H9ClN4OS/c10-8-2-1-7(16-8)9(15)11-5-6-14-12-3-4-13-14/h1-4H,5-6H2,(H,11,15). The maximum atomic E-state index is 11.6. The van der Waals surface area contributed by atoms with Crippen LogP contribution in [0.25, 0.3) is 0 Å². The normalized spacial score (nSPS) is 10.3. The maximum absolute atomic E-state index is 11.6. The lowest BCUT2D eigenvalue weighted by Gasteiger charge is -2.02. The fourth-order valence-electron chi connectivity index (χ4n) is 1.15. The number of hydrogen-bond donors (Lipinski definition) is 1. The predicted molar refractivity (Wildman–Crippen MR) is 61.7 cm³/mol. The molecule has 2 heterocycles. The Labute approximate surface area is 101 Å². The highest BCUT2D eigenvalue weighted by atomic mass is 35.5. The summed E-state index contributed by atoms with van der Waals surface area (Å²) in [5, 5.41) is 10.6. The fraction of sp³-hybridized carbons (Fsp3) is 0.222. The summed E-state index contributed by atoms with van der Waals surface area (Å²) in [5.74, 6) is -0.121. The molecule has 0 saturated heterocycles. The van der Waals surface area contributed by atoms with Gasteiger partial charge in [0.2, 0.25) is 0 Å². The summed E-state index contributed by atoms with van der Waals surface area (Å²) in [4.78, 5) is 13.7. The van der Waals surface area contributed by atoms with Crippen LogP contribution in [0.15, 0.2) is 24.5 Å². The monoisotopic (exact) mass is 256 g/mol. The van der Waals surface area contributed by atoms with E-state index in [2.05, 4.69) is 15.5 Å². The first-order valence-electron chi connectivity index (χ1n) is 4.63. The van der Waals surface area contributed by atoms with Crippen LogP contribution in [0.3, 0.4) is 0 Å². The van der Waals surface area contributed by atoms with Crippen LogP contribution in [-0.4, -0.2) is 27.4 Å². The van der Waals surface area contributed by atoms with Crippen molar-refractivity contribution < 1.29 is 4.79 Å². The zero-order valence-corrected chi connectivity index (χ0v) is 9.83. The number of amides is 1. The average molecular weight is 257 g/mol. The van der Waals surface area contributed by atoms with E-state index in [4.69, 9.17) is 11.6 Å². The predicted octanol–water partition coefficient (Wildman–Crippen LogP) is 1.42. The van der Waals surface area contributed by atoms with E-state index in [0.717, 1.165) is 0 Å². The Morgan fingerprint density at radius 3 is 2.81 bits per heavy atom. The number of nitrogens with zero attached hydrogens (tertiary/aromatic N) is 3. The average Bonchev–Trinajstić information content (AvgIpc) is 2.89. The summed E-state index contributed by atoms with van der Waals surface area (Å²) >= 11 is 6.99. The molecule has 0 aliphatic heterocycles. The van der Waals surface area contributed by atoms with Crippen molar-refractivity contribution in [1.29, 1.82) is 0 Å². The van der Waals surface area contributed by atoms with Crippen molar-refractivity contribution in [3.63, 3.8) is 0 Å². The first kappa shape index (κ1) is 11.1. The quantitative estimate of drug-likeness (QED) is 0.900. The number of carbonyl (C=O) groups excluding carboxylic acids is 1. The lowest BCUT2D eigenvalue weighted by Crippen LogP contribution is -2.27. The van der Waals surface area contributed by atoms with Gasteiger partial charge in [-0.05, 0) is 12.1 Å². The molecular formula is C9H9ClN4OS. The van der Waals surface area contributed by atoms with E-state index in [1.54, 1.807) is 24.5 Å². The fourth-order valence-corrected chi connectivity index (χ4v) is 2.11. The molecule has 7 heteroatoms. The van der Waals surface area contributed by atoms with Gasteiger partial charge < -0.3 is 5.32 Å². The molecule has 5 nitrogen and oxygen atoms in total. The minimum atomic E-state index is -0.121. The number of thiophene rings is 1. The summed E-state index contributed by atoms with van der Waals surface area (Å²) < 4.78 is 0.610. The number of halogens is 1. The van der Waals surface area contributed by atoms with Gasteiger partial charge in [-0.1, -0.05) is 11.6 Å². The number of nitrogens with one attached hydrogen (secondary N) is 1. The topological polar surface area (TPSA) is 59.8 Å². The van der Waals surface area contributed by atoms with Gasteiger partial charge in [0.1, 0.15) is 0 Å². The van der Waals surface area contributed by atoms with E-state index in [1.165, 1.54) is 16.1 Å². The van der Waals surface area contributed by atoms with E-state index < -0.39 is 0 Å². The zero-order chi connectivity index (χ0) is 11.4. The molecule has 0 saturated carbocycles. The Morgan fingerprint density at radius 2 is 2.19 bits per heavy atom. The number of hydrogen-bond acceptors (Lipinski definition) is 4. The molecule has 1 N–H and O–H groups in total. The van der Waals surface area contributed by atoms with Gasteiger partial charge >= 0.3 is 0 Å². The van der Waals surface area contributed by atoms with E-state index in [-0.39, 0.29) is 5.91 Å². The minimum Gasteiger partial charge on any atom is -0.349 e. The van der Waals surface area contributed by atoms with E-state index >= 15 is 0 Å². The maximum Gasteiger partial charge on any atom is 0.261 e. The van der Waals surface area contributed by atoms with Crippen LogP contribution in [0.5, 0.6) is 0 Å². The van der Waals surface area contributed by atoms with Gasteiger partial charge in [0.15, 0.2) is 0 Å². The molecule has 2 aromatic rings. The van der Waals surface area contributed by atoms with Crippen LogP contribution < -0.4 is 5.32 Å². The van der Waals surface area contributed by atoms with E-state index in [0.29, 0.717) is 22.3 Å². The summed E-state index contributed by atoms with van der Waals surface area (Å²) in [7, 11) is 0. The lowest BCUT2D eigenvalue weighted by atomic mass is 10.4. The van der Waals surface area contributed by atoms with E-state index in [9.17, 15) is 4.79 Å². The van der Waals surface area contributed by atoms with Crippen LogP contribution in [0.2, 0.25) is 4.34 Å². The first-order valence-corrected chi connectivity index (χ1v) is 5.83. The minimum absolute atomic E-state index is 0.121. The van der Waals surface area contributed by atoms with Crippen molar-refractivity contribution in [2.24, 2.45) is 0 Å². The van der Waals surface area contributed by atoms with Gasteiger partial charge in [0, 0.05) is 6.54 Å². The third-order valence-corrected chi connectivity index (χ3v) is 3.09. The van der Waals surface area contributed by atoms with Crippen LogP contribution in [0.1, 0.15) is 9.67 Å². The lowest BCUT2D eigenvalue weighted by molar-refractivity contribution is 0.0955. The van der Waals surface area contributed by atoms with Crippen LogP contribution in [0.4, 0.5) is 0 Å². The zero-order valence-electron chi connectivity index (χ0n) is 8.26. The van der Waals surface area contributed by atoms with Gasteiger partial charge in [0.05, 0.1) is 28.2 Å². The molecule has 16 heavy (non-hydrogen) atoms. The second-order valence-electron chi connectivity index (χ2n) is 2.98. The second-order valence-corrected chi connectivity index (χ2v) is 4.70. The molecule has 2 rings (SSSR count). The van der Waals surface area contributed by atoms with Gasteiger partial charge in [0.25, 0.3) is 5.91 Å². The summed E-state index contributed by atoms with van der Waals surface area (Å²) in [5.41, 5.74) is 0. The van der Waals surface area contributed by atoms with Crippen LogP contribution in [0, 0.1) is 0 Å². The van der Waals surface area contributed by atoms with E-state index in [1.807, 2.05) is 0 Å². The van der Waals surface area contributed by atoms with Crippen molar-refractivity contribution in [3.8, 4) is 0 Å². The van der Waals surface area contributed by atoms with Crippen LogP contribution in [-0.2, 0) is 6.54 Å². The number of rotatable bonds is 4. The second kappa shape index (κ2) is 5.09. The molecule has 0 unspecified atom stereocenters. The number of aromatic nitrogens is 3. The first-order chi connectivity index (χ1) is 7.75. The highest BCUT2D eigenvalue weighted by molar-refractivity contribution is 7.17. The third-order valence-electron chi connectivity index (χ3n) is 1.86. The molecule has 0 fully saturated rings. The Hall–Kier alpha value is -1.40. The van der Waals surface area contributed by atoms with Crippen molar-refractivity contribution in [2.75, 3.05) is 6.54 Å². The third kappa shape index (κ3) is 2.80. The van der Waals surface area contributed by atoms with Gasteiger partial charge in [-0.3, -0.25) is 4.79 Å². The Kier molecular flexibility index (Phi) is 3.53. The Bertz CT molecular complexity index is 468. The molecule has 0 bridgehead atoms. The highest BCUT2D eigenvalue weighted by Gasteiger charge is 2.07. The smallest absolute Gasteiger partial charge is 0.261 e. The number of carbonyl (C=O) groups is 1. The summed E-state index contributed by atoms with van der Waals surface area (Å²) in [6.45, 7) is 1.04. The SMILES string of the molecule is O=C(NCCn1nccn1)c1ccc(Cl)s1. The molecule has 0 aromatic carbocycles. The van der Waals surface area contributed by atoms with Crippen molar-refractivity contribution in [3.05, 3.63) is 33.7 Å². The molecule has 0 aliphatic carbocycles. The van der Waals surface area contributed by atoms with Gasteiger partial charge in [-0.2, -0.15) is 15.0 Å². The summed E-state index contributed by atoms with van der Waals surface area (Å²) in [6.07, 6.45) is 3.20. The summed E-state index contributed by atoms with van der Waals surface area (Å²) in [6, 6.07) is 3.41. The molecule has 0 atom stereocenters. The van der Waals surface area contributed by atoms with Crippen LogP contribution >= 0.6 is 22.9 Å². The molecule has 0 aliphatic rings. The molecule has 1 amide bonds. The Balaban J connectivity index is 1.80. The molecular weight excluding hydrogens is 248 g/mol. The molecule has 0 radical (unpaired) electrons. The van der Waals surface area contributed by atoms with Crippen molar-refractivity contribution in [2.45, 2.75) is 6.54 Å². The van der Waals surface area contributed by atoms with Gasteiger partial charge in [-0.15, -0.1) is 11.3 Å². The van der Waals surface area contributed by atoms with Crippen molar-refractivity contribution in [1.82, 2.24) is 20.3 Å². The van der Waals surface area contributed by atoms with Crippen molar-refractivity contribution >= 4 is 28.8 Å². The van der Waals surface area contributed by atoms with Gasteiger partial charge in [-0.25, -0.2) is 0 Å². The molecule has 84 valence electrons. The largest absolute Gasteiger partial charge is 0.349 e. The molecule has 2 aromatic heterocycles. The Morgan fingerprint density at radius 1 is 1.44 bits per heavy atom.